The van der Waals surface area contributed by atoms with Gasteiger partial charge in [0, 0.05) is 37.3 Å². The lowest BCUT2D eigenvalue weighted by Crippen LogP contribution is -2.53. The van der Waals surface area contributed by atoms with E-state index in [0.29, 0.717) is 13.0 Å². The minimum atomic E-state index is -2.83. The second-order valence-electron chi connectivity index (χ2n) is 10.5. The summed E-state index contributed by atoms with van der Waals surface area (Å²) in [5.74, 6) is -4.86. The van der Waals surface area contributed by atoms with Crippen molar-refractivity contribution in [1.82, 2.24) is 15.5 Å². The van der Waals surface area contributed by atoms with Crippen molar-refractivity contribution < 1.29 is 37.4 Å². The zero-order chi connectivity index (χ0) is 24.6. The molecule has 3 aliphatic rings. The molecule has 33 heavy (non-hydrogen) atoms. The van der Waals surface area contributed by atoms with Crippen LogP contribution in [-0.2, 0) is 23.9 Å². The van der Waals surface area contributed by atoms with Crippen molar-refractivity contribution in [3.05, 3.63) is 0 Å². The number of carbonyl (C=O) groups excluding carboxylic acids is 4. The number of amides is 3. The number of carbonyl (C=O) groups is 4. The molecule has 1 spiro atoms. The van der Waals surface area contributed by atoms with Gasteiger partial charge in [0.15, 0.2) is 0 Å². The van der Waals surface area contributed by atoms with Crippen molar-refractivity contribution in [2.24, 2.45) is 11.3 Å². The maximum absolute atomic E-state index is 13.7. The summed E-state index contributed by atoms with van der Waals surface area (Å²) in [5, 5.41) is 5.34. The Hall–Kier alpha value is -2.46. The van der Waals surface area contributed by atoms with E-state index in [1.807, 2.05) is 0 Å². The largest absolute Gasteiger partial charge is 0.467 e. The molecule has 0 aromatic heterocycles. The Balaban J connectivity index is 1.76. The molecular formula is C22H33F2N3O6. The first-order chi connectivity index (χ1) is 15.2. The van der Waals surface area contributed by atoms with Crippen LogP contribution in [0.5, 0.6) is 0 Å². The van der Waals surface area contributed by atoms with Gasteiger partial charge in [-0.15, -0.1) is 0 Å². The van der Waals surface area contributed by atoms with Crippen molar-refractivity contribution >= 4 is 23.9 Å². The lowest BCUT2D eigenvalue weighted by atomic mass is 9.65. The minimum Gasteiger partial charge on any atom is -0.467 e. The van der Waals surface area contributed by atoms with Crippen LogP contribution in [0.2, 0.25) is 0 Å². The number of nitrogens with one attached hydrogen (secondary N) is 2. The summed E-state index contributed by atoms with van der Waals surface area (Å²) < 4.78 is 37.6. The number of esters is 1. The molecule has 3 fully saturated rings. The normalized spacial score (nSPS) is 26.7. The average Bonchev–Trinajstić information content (AvgIpc) is 3.06. The van der Waals surface area contributed by atoms with Crippen LogP contribution in [-0.4, -0.2) is 72.6 Å². The van der Waals surface area contributed by atoms with Crippen molar-refractivity contribution in [1.29, 1.82) is 0 Å². The topological polar surface area (TPSA) is 114 Å². The lowest BCUT2D eigenvalue weighted by molar-refractivity contribution is -0.156. The molecule has 2 saturated heterocycles. The predicted octanol–water partition coefficient (Wildman–Crippen LogP) is 1.99. The molecule has 0 unspecified atom stereocenters. The number of ether oxygens (including phenoxy) is 2. The smallest absolute Gasteiger partial charge is 0.410 e. The van der Waals surface area contributed by atoms with Crippen LogP contribution in [0.4, 0.5) is 13.6 Å². The second-order valence-corrected chi connectivity index (χ2v) is 10.5. The van der Waals surface area contributed by atoms with Gasteiger partial charge in [0.2, 0.25) is 17.7 Å². The van der Waals surface area contributed by atoms with E-state index in [0.717, 1.165) is 6.42 Å². The van der Waals surface area contributed by atoms with E-state index < -0.39 is 65.8 Å². The molecule has 0 bridgehead atoms. The molecule has 1 saturated carbocycles. The number of nitrogens with zero attached hydrogens (tertiary/aromatic N) is 1. The van der Waals surface area contributed by atoms with Gasteiger partial charge in [-0.2, -0.15) is 0 Å². The number of piperidine rings is 1. The highest BCUT2D eigenvalue weighted by Gasteiger charge is 2.63. The van der Waals surface area contributed by atoms with Gasteiger partial charge in [0.05, 0.1) is 7.11 Å². The summed E-state index contributed by atoms with van der Waals surface area (Å²) >= 11 is 0. The highest BCUT2D eigenvalue weighted by atomic mass is 19.3. The molecule has 2 heterocycles. The summed E-state index contributed by atoms with van der Waals surface area (Å²) in [6.07, 6.45) is -0.170. The zero-order valence-electron chi connectivity index (χ0n) is 19.5. The molecule has 3 rings (SSSR count). The fourth-order valence-electron chi connectivity index (χ4n) is 5.07. The fourth-order valence-corrected chi connectivity index (χ4v) is 5.07. The second kappa shape index (κ2) is 9.06. The van der Waals surface area contributed by atoms with Crippen LogP contribution in [0.25, 0.3) is 0 Å². The van der Waals surface area contributed by atoms with Crippen molar-refractivity contribution in [3.63, 3.8) is 0 Å². The summed E-state index contributed by atoms with van der Waals surface area (Å²) in [7, 11) is 1.18. The quantitative estimate of drug-likeness (QED) is 0.591. The summed E-state index contributed by atoms with van der Waals surface area (Å²) in [5.41, 5.74) is -1.70. The van der Waals surface area contributed by atoms with Crippen LogP contribution in [0.3, 0.4) is 0 Å². The molecule has 0 aromatic rings. The number of rotatable bonds is 5. The monoisotopic (exact) mass is 473 g/mol. The number of halogens is 2. The first-order valence-corrected chi connectivity index (χ1v) is 11.3. The van der Waals surface area contributed by atoms with E-state index in [9.17, 15) is 28.0 Å². The van der Waals surface area contributed by atoms with Crippen LogP contribution >= 0.6 is 0 Å². The summed E-state index contributed by atoms with van der Waals surface area (Å²) in [6, 6.07) is -2.17. The number of methoxy groups -OCH3 is 1. The Bertz CT molecular complexity index is 804. The summed E-state index contributed by atoms with van der Waals surface area (Å²) in [4.78, 5) is 51.7. The van der Waals surface area contributed by atoms with Crippen molar-refractivity contribution in [2.45, 2.75) is 82.9 Å². The van der Waals surface area contributed by atoms with Crippen LogP contribution in [0.1, 0.15) is 59.3 Å². The molecule has 3 amide bonds. The number of hydrogen-bond acceptors (Lipinski definition) is 6. The van der Waals surface area contributed by atoms with Gasteiger partial charge in [0.25, 0.3) is 0 Å². The molecule has 1 aliphatic carbocycles. The number of hydrogen-bond donors (Lipinski definition) is 2. The van der Waals surface area contributed by atoms with Crippen molar-refractivity contribution in [2.75, 3.05) is 20.2 Å². The van der Waals surface area contributed by atoms with E-state index in [-0.39, 0.29) is 25.3 Å². The van der Waals surface area contributed by atoms with Gasteiger partial charge >= 0.3 is 12.1 Å². The third-order valence-corrected chi connectivity index (χ3v) is 6.43. The Morgan fingerprint density at radius 2 is 1.94 bits per heavy atom. The molecule has 0 aromatic carbocycles. The van der Waals surface area contributed by atoms with Crippen molar-refractivity contribution in [3.8, 4) is 0 Å². The van der Waals surface area contributed by atoms with E-state index in [4.69, 9.17) is 9.47 Å². The molecule has 0 radical (unpaired) electrons. The third-order valence-electron chi connectivity index (χ3n) is 6.43. The van der Waals surface area contributed by atoms with E-state index in [1.54, 1.807) is 20.8 Å². The van der Waals surface area contributed by atoms with Gasteiger partial charge < -0.3 is 20.1 Å². The molecule has 186 valence electrons. The van der Waals surface area contributed by atoms with Gasteiger partial charge in [-0.25, -0.2) is 18.4 Å². The minimum absolute atomic E-state index is 0.0243. The zero-order valence-corrected chi connectivity index (χ0v) is 19.5. The first kappa shape index (κ1) is 25.2. The molecule has 3 atom stereocenters. The average molecular weight is 474 g/mol. The standard InChI is InChI=1S/C22H33F2N3O6/c1-20(2,3)33-19(31)27-12-21(10-22(23,24)11-21)9-15(27)17(29)26-14(18(30)32-4)8-13-6-5-7-25-16(13)28/h13-15H,5-12H2,1-4H3,(H,25,28)(H,26,29)/t13-,14-,15-/m0/s1. The Morgan fingerprint density at radius 1 is 1.27 bits per heavy atom. The summed E-state index contributed by atoms with van der Waals surface area (Å²) in [6.45, 7) is 5.55. The maximum atomic E-state index is 13.7. The van der Waals surface area contributed by atoms with Gasteiger partial charge in [-0.05, 0) is 46.5 Å². The van der Waals surface area contributed by atoms with Gasteiger partial charge in [-0.3, -0.25) is 14.5 Å². The van der Waals surface area contributed by atoms with Crippen LogP contribution < -0.4 is 10.6 Å². The maximum Gasteiger partial charge on any atom is 0.410 e. The van der Waals surface area contributed by atoms with Gasteiger partial charge in [0.1, 0.15) is 17.7 Å². The van der Waals surface area contributed by atoms with E-state index in [2.05, 4.69) is 10.6 Å². The number of likely N-dealkylation sites (tertiary alicyclic amines) is 1. The Kier molecular flexibility index (Phi) is 6.91. The lowest BCUT2D eigenvalue weighted by Gasteiger charge is -2.44. The first-order valence-electron chi connectivity index (χ1n) is 11.3. The highest BCUT2D eigenvalue weighted by Crippen LogP contribution is 2.58. The fraction of sp³-hybridized carbons (Fsp3) is 0.818. The van der Waals surface area contributed by atoms with E-state index >= 15 is 0 Å². The highest BCUT2D eigenvalue weighted by molar-refractivity contribution is 5.91. The van der Waals surface area contributed by atoms with Gasteiger partial charge in [-0.1, -0.05) is 0 Å². The van der Waals surface area contributed by atoms with E-state index in [1.165, 1.54) is 12.0 Å². The molecule has 9 nitrogen and oxygen atoms in total. The van der Waals surface area contributed by atoms with Crippen LogP contribution in [0.15, 0.2) is 0 Å². The molecular weight excluding hydrogens is 440 g/mol. The SMILES string of the molecule is COC(=O)[C@H](C[C@@H]1CCCNC1=O)NC(=O)[C@@H]1CC2(CN1C(=O)OC(C)(C)C)CC(F)(F)C2. The molecule has 2 aliphatic heterocycles. The molecule has 2 N–H and O–H groups in total. The number of alkyl halides is 2. The molecule has 11 heteroatoms. The third kappa shape index (κ3) is 5.92. The predicted molar refractivity (Wildman–Crippen MR) is 112 cm³/mol. The Morgan fingerprint density at radius 3 is 2.48 bits per heavy atom. The Labute approximate surface area is 191 Å². The van der Waals surface area contributed by atoms with Crippen LogP contribution in [0, 0.1) is 11.3 Å².